The summed E-state index contributed by atoms with van der Waals surface area (Å²) < 4.78 is 0. The highest BCUT2D eigenvalue weighted by Gasteiger charge is 2.19. The molecule has 0 radical (unpaired) electrons. The second-order valence-corrected chi connectivity index (χ2v) is 7.14. The van der Waals surface area contributed by atoms with Gasteiger partial charge in [0, 0.05) is 13.1 Å². The number of amides is 1. The third kappa shape index (κ3) is 5.96. The lowest BCUT2D eigenvalue weighted by Crippen LogP contribution is -2.43. The van der Waals surface area contributed by atoms with Crippen molar-refractivity contribution in [1.82, 2.24) is 10.2 Å². The van der Waals surface area contributed by atoms with Crippen molar-refractivity contribution < 1.29 is 9.90 Å². The van der Waals surface area contributed by atoms with Crippen LogP contribution in [-0.4, -0.2) is 41.7 Å². The van der Waals surface area contributed by atoms with E-state index in [1.807, 2.05) is 6.92 Å². The van der Waals surface area contributed by atoms with Gasteiger partial charge < -0.3 is 10.4 Å². The molecule has 128 valence electrons. The summed E-state index contributed by atoms with van der Waals surface area (Å²) in [7, 11) is 0. The molecule has 23 heavy (non-hydrogen) atoms. The van der Waals surface area contributed by atoms with E-state index in [2.05, 4.69) is 48.3 Å². The van der Waals surface area contributed by atoms with Crippen LogP contribution in [0.25, 0.3) is 0 Å². The summed E-state index contributed by atoms with van der Waals surface area (Å²) in [6.45, 7) is 8.48. The topological polar surface area (TPSA) is 52.6 Å². The van der Waals surface area contributed by atoms with E-state index < -0.39 is 0 Å². The minimum Gasteiger partial charge on any atom is -0.393 e. The monoisotopic (exact) mass is 318 g/mol. The summed E-state index contributed by atoms with van der Waals surface area (Å²) >= 11 is 0. The summed E-state index contributed by atoms with van der Waals surface area (Å²) in [5, 5.41) is 12.6. The number of nitrogens with zero attached hydrogens (tertiary/aromatic N) is 1. The van der Waals surface area contributed by atoms with Crippen LogP contribution in [0.3, 0.4) is 0 Å². The predicted molar refractivity (Wildman–Crippen MR) is 93.2 cm³/mol. The Kier molecular flexibility index (Phi) is 6.60. The van der Waals surface area contributed by atoms with Crippen molar-refractivity contribution in [2.45, 2.75) is 52.2 Å². The average molecular weight is 318 g/mol. The first-order chi connectivity index (χ1) is 10.9. The van der Waals surface area contributed by atoms with Crippen LogP contribution in [0.15, 0.2) is 24.3 Å². The molecule has 1 amide bonds. The number of nitrogens with one attached hydrogen (secondary N) is 1. The number of benzene rings is 1. The van der Waals surface area contributed by atoms with Crippen LogP contribution in [0.1, 0.15) is 50.8 Å². The highest BCUT2D eigenvalue weighted by Crippen LogP contribution is 2.16. The quantitative estimate of drug-likeness (QED) is 0.847. The molecule has 1 heterocycles. The molecule has 1 aromatic carbocycles. The standard InChI is InChI=1S/C19H30N2O2/c1-14(2)12-16-4-6-17(7-5-16)15(3)20-19(23)13-21-10-8-18(22)9-11-21/h4-7,14-15,18,22H,8-13H2,1-3H3,(H,20,23). The second kappa shape index (κ2) is 8.46. The van der Waals surface area contributed by atoms with Crippen LogP contribution in [0.2, 0.25) is 0 Å². The lowest BCUT2D eigenvalue weighted by Gasteiger charge is -2.29. The molecule has 0 bridgehead atoms. The number of piperidine rings is 1. The minimum atomic E-state index is -0.197. The van der Waals surface area contributed by atoms with Gasteiger partial charge in [-0.15, -0.1) is 0 Å². The Morgan fingerprint density at radius 1 is 1.22 bits per heavy atom. The van der Waals surface area contributed by atoms with Crippen molar-refractivity contribution >= 4 is 5.91 Å². The molecule has 4 nitrogen and oxygen atoms in total. The van der Waals surface area contributed by atoms with Gasteiger partial charge in [-0.1, -0.05) is 38.1 Å². The zero-order valence-corrected chi connectivity index (χ0v) is 14.6. The normalized spacial score (nSPS) is 18.1. The van der Waals surface area contributed by atoms with Gasteiger partial charge >= 0.3 is 0 Å². The lowest BCUT2D eigenvalue weighted by atomic mass is 10.00. The number of carbonyl (C=O) groups is 1. The average Bonchev–Trinajstić information content (AvgIpc) is 2.49. The lowest BCUT2D eigenvalue weighted by molar-refractivity contribution is -0.123. The molecule has 0 aliphatic carbocycles. The van der Waals surface area contributed by atoms with Gasteiger partial charge in [0.05, 0.1) is 18.7 Å². The fourth-order valence-corrected chi connectivity index (χ4v) is 3.06. The fraction of sp³-hybridized carbons (Fsp3) is 0.632. The molecule has 2 N–H and O–H groups in total. The van der Waals surface area contributed by atoms with Gasteiger partial charge in [-0.05, 0) is 43.2 Å². The van der Waals surface area contributed by atoms with Crippen LogP contribution in [0.4, 0.5) is 0 Å². The molecule has 0 saturated carbocycles. The Morgan fingerprint density at radius 2 is 1.83 bits per heavy atom. The largest absolute Gasteiger partial charge is 0.393 e. The van der Waals surface area contributed by atoms with Crippen molar-refractivity contribution in [2.24, 2.45) is 5.92 Å². The first-order valence-electron chi connectivity index (χ1n) is 8.72. The summed E-state index contributed by atoms with van der Waals surface area (Å²) in [5.41, 5.74) is 2.48. The number of carbonyl (C=O) groups excluding carboxylic acids is 1. The molecule has 1 fully saturated rings. The van der Waals surface area contributed by atoms with E-state index in [9.17, 15) is 9.90 Å². The molecular formula is C19H30N2O2. The maximum Gasteiger partial charge on any atom is 0.234 e. The summed E-state index contributed by atoms with van der Waals surface area (Å²) in [5.74, 6) is 0.709. The van der Waals surface area contributed by atoms with E-state index in [0.29, 0.717) is 12.5 Å². The summed E-state index contributed by atoms with van der Waals surface area (Å²) in [6.07, 6.45) is 2.42. The summed E-state index contributed by atoms with van der Waals surface area (Å²) in [6, 6.07) is 8.55. The Hall–Kier alpha value is -1.39. The third-order valence-electron chi connectivity index (χ3n) is 4.43. The highest BCUT2D eigenvalue weighted by molar-refractivity contribution is 5.78. The van der Waals surface area contributed by atoms with Crippen LogP contribution < -0.4 is 5.32 Å². The van der Waals surface area contributed by atoms with Crippen molar-refractivity contribution in [2.75, 3.05) is 19.6 Å². The number of aliphatic hydroxyl groups excluding tert-OH is 1. The van der Waals surface area contributed by atoms with Gasteiger partial charge in [0.1, 0.15) is 0 Å². The van der Waals surface area contributed by atoms with Gasteiger partial charge in [0.2, 0.25) is 5.91 Å². The summed E-state index contributed by atoms with van der Waals surface area (Å²) in [4.78, 5) is 14.3. The third-order valence-corrected chi connectivity index (χ3v) is 4.43. The van der Waals surface area contributed by atoms with E-state index in [-0.39, 0.29) is 18.1 Å². The van der Waals surface area contributed by atoms with E-state index in [1.165, 1.54) is 5.56 Å². The van der Waals surface area contributed by atoms with E-state index >= 15 is 0 Å². The zero-order chi connectivity index (χ0) is 16.8. The van der Waals surface area contributed by atoms with E-state index in [4.69, 9.17) is 0 Å². The molecule has 1 aliphatic heterocycles. The first kappa shape index (κ1) is 18.0. The Balaban J connectivity index is 1.81. The number of hydrogen-bond acceptors (Lipinski definition) is 3. The van der Waals surface area contributed by atoms with Crippen molar-refractivity contribution in [3.05, 3.63) is 35.4 Å². The molecule has 1 atom stereocenters. The van der Waals surface area contributed by atoms with E-state index in [1.54, 1.807) is 0 Å². The van der Waals surface area contributed by atoms with Crippen molar-refractivity contribution in [1.29, 1.82) is 0 Å². The zero-order valence-electron chi connectivity index (χ0n) is 14.6. The van der Waals surface area contributed by atoms with Crippen LogP contribution >= 0.6 is 0 Å². The fourth-order valence-electron chi connectivity index (χ4n) is 3.06. The van der Waals surface area contributed by atoms with E-state index in [0.717, 1.165) is 37.9 Å². The first-order valence-corrected chi connectivity index (χ1v) is 8.72. The molecule has 2 rings (SSSR count). The van der Waals surface area contributed by atoms with Crippen molar-refractivity contribution in [3.8, 4) is 0 Å². The van der Waals surface area contributed by atoms with Crippen molar-refractivity contribution in [3.63, 3.8) is 0 Å². The number of hydrogen-bond donors (Lipinski definition) is 2. The predicted octanol–water partition coefficient (Wildman–Crippen LogP) is 2.52. The van der Waals surface area contributed by atoms with Gasteiger partial charge in [0.25, 0.3) is 0 Å². The number of aliphatic hydroxyl groups is 1. The van der Waals surface area contributed by atoms with Gasteiger partial charge in [0.15, 0.2) is 0 Å². The Labute approximate surface area is 139 Å². The smallest absolute Gasteiger partial charge is 0.234 e. The molecular weight excluding hydrogens is 288 g/mol. The molecule has 0 spiro atoms. The second-order valence-electron chi connectivity index (χ2n) is 7.14. The molecule has 0 aromatic heterocycles. The van der Waals surface area contributed by atoms with Gasteiger partial charge in [-0.2, -0.15) is 0 Å². The maximum atomic E-state index is 12.2. The minimum absolute atomic E-state index is 0.0194. The van der Waals surface area contributed by atoms with Crippen LogP contribution in [-0.2, 0) is 11.2 Å². The van der Waals surface area contributed by atoms with Crippen LogP contribution in [0, 0.1) is 5.92 Å². The Morgan fingerprint density at radius 3 is 2.39 bits per heavy atom. The molecule has 1 unspecified atom stereocenters. The number of likely N-dealkylation sites (tertiary alicyclic amines) is 1. The molecule has 1 aliphatic rings. The SMILES string of the molecule is CC(C)Cc1ccc(C(C)NC(=O)CN2CCC(O)CC2)cc1. The van der Waals surface area contributed by atoms with Crippen LogP contribution in [0.5, 0.6) is 0 Å². The highest BCUT2D eigenvalue weighted by atomic mass is 16.3. The van der Waals surface area contributed by atoms with Gasteiger partial charge in [-0.25, -0.2) is 0 Å². The molecule has 4 heteroatoms. The molecule has 1 saturated heterocycles. The Bertz CT molecular complexity index is 491. The molecule has 1 aromatic rings. The maximum absolute atomic E-state index is 12.2. The number of rotatable bonds is 6. The van der Waals surface area contributed by atoms with Gasteiger partial charge in [-0.3, -0.25) is 9.69 Å².